The summed E-state index contributed by atoms with van der Waals surface area (Å²) in [5.74, 6) is 0. The molecule has 0 amide bonds. The molecular formula is C7H6BrN3O. The third kappa shape index (κ3) is 0.972. The Hall–Kier alpha value is -1.10. The Morgan fingerprint density at radius 1 is 1.67 bits per heavy atom. The molecule has 0 saturated carbocycles. The van der Waals surface area contributed by atoms with Crippen LogP contribution < -0.4 is 5.56 Å². The van der Waals surface area contributed by atoms with E-state index in [9.17, 15) is 4.79 Å². The van der Waals surface area contributed by atoms with Gasteiger partial charge in [0, 0.05) is 11.9 Å². The summed E-state index contributed by atoms with van der Waals surface area (Å²) < 4.78 is 2.35. The number of hydrogen-bond donors (Lipinski definition) is 1. The molecule has 62 valence electrons. The van der Waals surface area contributed by atoms with Crippen LogP contribution >= 0.6 is 15.9 Å². The summed E-state index contributed by atoms with van der Waals surface area (Å²) in [5.41, 5.74) is 1.24. The number of aromatic amines is 1. The first-order chi connectivity index (χ1) is 5.68. The standard InChI is InChI=1S/C7H6BrN3O/c1-4-3-11-5(6(12)10-4)2-9-7(11)8/h2-3H,1H3,(H,10,12). The first-order valence-electron chi connectivity index (χ1n) is 3.41. The van der Waals surface area contributed by atoms with Crippen molar-refractivity contribution < 1.29 is 0 Å². The van der Waals surface area contributed by atoms with E-state index in [0.717, 1.165) is 5.69 Å². The van der Waals surface area contributed by atoms with Crippen molar-refractivity contribution in [3.8, 4) is 0 Å². The van der Waals surface area contributed by atoms with E-state index in [0.29, 0.717) is 10.3 Å². The van der Waals surface area contributed by atoms with Crippen molar-refractivity contribution in [2.24, 2.45) is 0 Å². The zero-order valence-electron chi connectivity index (χ0n) is 6.34. The van der Waals surface area contributed by atoms with Gasteiger partial charge in [0.2, 0.25) is 0 Å². The lowest BCUT2D eigenvalue weighted by Crippen LogP contribution is -2.10. The fourth-order valence-electron chi connectivity index (χ4n) is 1.10. The van der Waals surface area contributed by atoms with Crippen LogP contribution in [0, 0.1) is 6.92 Å². The SMILES string of the molecule is Cc1cn2c(Br)ncc2c(=O)[nH]1. The van der Waals surface area contributed by atoms with Crippen LogP contribution in [0.1, 0.15) is 5.69 Å². The average Bonchev–Trinajstić information content (AvgIpc) is 2.33. The fraction of sp³-hybridized carbons (Fsp3) is 0.143. The Kier molecular flexibility index (Phi) is 1.54. The first kappa shape index (κ1) is 7.54. The number of rotatable bonds is 0. The molecule has 0 saturated heterocycles. The minimum absolute atomic E-state index is 0.117. The second kappa shape index (κ2) is 2.45. The van der Waals surface area contributed by atoms with E-state index < -0.39 is 0 Å². The summed E-state index contributed by atoms with van der Waals surface area (Å²) in [6.45, 7) is 1.83. The molecule has 0 spiro atoms. The highest BCUT2D eigenvalue weighted by atomic mass is 79.9. The molecule has 4 nitrogen and oxygen atoms in total. The van der Waals surface area contributed by atoms with Crippen molar-refractivity contribution in [2.45, 2.75) is 6.92 Å². The van der Waals surface area contributed by atoms with Crippen LogP contribution in [0.3, 0.4) is 0 Å². The smallest absolute Gasteiger partial charge is 0.274 e. The minimum Gasteiger partial charge on any atom is -0.323 e. The predicted molar refractivity (Wildman–Crippen MR) is 48.2 cm³/mol. The van der Waals surface area contributed by atoms with Crippen LogP contribution in [-0.4, -0.2) is 14.4 Å². The third-order valence-electron chi connectivity index (χ3n) is 1.62. The van der Waals surface area contributed by atoms with Crippen molar-refractivity contribution in [1.82, 2.24) is 14.4 Å². The van der Waals surface area contributed by atoms with Crippen molar-refractivity contribution in [3.63, 3.8) is 0 Å². The number of nitrogens with zero attached hydrogens (tertiary/aromatic N) is 2. The van der Waals surface area contributed by atoms with E-state index in [1.54, 1.807) is 4.40 Å². The maximum absolute atomic E-state index is 11.3. The normalized spacial score (nSPS) is 10.8. The number of hydrogen-bond acceptors (Lipinski definition) is 2. The quantitative estimate of drug-likeness (QED) is 0.733. The fourth-order valence-corrected chi connectivity index (χ4v) is 1.49. The number of halogens is 1. The van der Waals surface area contributed by atoms with Crippen LogP contribution in [0.25, 0.3) is 5.52 Å². The Balaban J connectivity index is 3.03. The number of aromatic nitrogens is 3. The molecule has 0 aliphatic heterocycles. The zero-order chi connectivity index (χ0) is 8.72. The number of H-pyrrole nitrogens is 1. The predicted octanol–water partition coefficient (Wildman–Crippen LogP) is 1.09. The Morgan fingerprint density at radius 3 is 3.17 bits per heavy atom. The van der Waals surface area contributed by atoms with Crippen LogP contribution in [-0.2, 0) is 0 Å². The van der Waals surface area contributed by atoms with Gasteiger partial charge in [0.15, 0.2) is 4.73 Å². The summed E-state index contributed by atoms with van der Waals surface area (Å²) in [4.78, 5) is 17.9. The molecule has 2 aromatic rings. The molecule has 1 N–H and O–H groups in total. The number of fused-ring (bicyclic) bond motifs is 1. The first-order valence-corrected chi connectivity index (χ1v) is 4.20. The summed E-state index contributed by atoms with van der Waals surface area (Å²) >= 11 is 3.23. The molecule has 0 aliphatic carbocycles. The lowest BCUT2D eigenvalue weighted by Gasteiger charge is -1.95. The van der Waals surface area contributed by atoms with Gasteiger partial charge < -0.3 is 4.98 Å². The van der Waals surface area contributed by atoms with E-state index in [2.05, 4.69) is 25.9 Å². The molecule has 2 rings (SSSR count). The minimum atomic E-state index is -0.117. The van der Waals surface area contributed by atoms with Crippen molar-refractivity contribution in [3.05, 3.63) is 33.2 Å². The lowest BCUT2D eigenvalue weighted by atomic mass is 10.5. The number of imidazole rings is 1. The molecule has 0 radical (unpaired) electrons. The zero-order valence-corrected chi connectivity index (χ0v) is 7.92. The summed E-state index contributed by atoms with van der Waals surface area (Å²) in [6.07, 6.45) is 3.34. The van der Waals surface area contributed by atoms with Gasteiger partial charge in [-0.05, 0) is 22.9 Å². The molecule has 2 aromatic heterocycles. The van der Waals surface area contributed by atoms with E-state index in [4.69, 9.17) is 0 Å². The second-order valence-electron chi connectivity index (χ2n) is 2.55. The van der Waals surface area contributed by atoms with Crippen LogP contribution in [0.2, 0.25) is 0 Å². The largest absolute Gasteiger partial charge is 0.323 e. The Morgan fingerprint density at radius 2 is 2.42 bits per heavy atom. The Bertz CT molecular complexity index is 485. The van der Waals surface area contributed by atoms with Crippen molar-refractivity contribution in [2.75, 3.05) is 0 Å². The summed E-state index contributed by atoms with van der Waals surface area (Å²) in [7, 11) is 0. The second-order valence-corrected chi connectivity index (χ2v) is 3.26. The third-order valence-corrected chi connectivity index (χ3v) is 2.20. The van der Waals surface area contributed by atoms with E-state index >= 15 is 0 Å². The number of aryl methyl sites for hydroxylation is 1. The van der Waals surface area contributed by atoms with Crippen molar-refractivity contribution in [1.29, 1.82) is 0 Å². The van der Waals surface area contributed by atoms with Gasteiger partial charge in [0.05, 0.1) is 6.20 Å². The van der Waals surface area contributed by atoms with Gasteiger partial charge in [-0.15, -0.1) is 0 Å². The Labute approximate surface area is 76.4 Å². The highest BCUT2D eigenvalue weighted by molar-refractivity contribution is 9.10. The van der Waals surface area contributed by atoms with Crippen LogP contribution in [0.4, 0.5) is 0 Å². The van der Waals surface area contributed by atoms with Gasteiger partial charge in [-0.2, -0.15) is 0 Å². The maximum atomic E-state index is 11.3. The average molecular weight is 228 g/mol. The van der Waals surface area contributed by atoms with E-state index in [1.165, 1.54) is 6.20 Å². The molecule has 5 heteroatoms. The molecule has 0 fully saturated rings. The van der Waals surface area contributed by atoms with Gasteiger partial charge in [0.25, 0.3) is 5.56 Å². The highest BCUT2D eigenvalue weighted by Gasteiger charge is 2.03. The molecule has 2 heterocycles. The van der Waals surface area contributed by atoms with Gasteiger partial charge in [-0.25, -0.2) is 4.98 Å². The molecule has 0 aromatic carbocycles. The molecule has 0 atom stereocenters. The summed E-state index contributed by atoms with van der Waals surface area (Å²) in [5, 5.41) is 0. The van der Waals surface area contributed by atoms with Gasteiger partial charge in [-0.1, -0.05) is 0 Å². The van der Waals surface area contributed by atoms with Crippen LogP contribution in [0.15, 0.2) is 21.9 Å². The van der Waals surface area contributed by atoms with E-state index in [-0.39, 0.29) is 5.56 Å². The van der Waals surface area contributed by atoms with Gasteiger partial charge >= 0.3 is 0 Å². The molecule has 0 bridgehead atoms. The lowest BCUT2D eigenvalue weighted by molar-refractivity contribution is 1.01. The van der Waals surface area contributed by atoms with Crippen molar-refractivity contribution >= 4 is 21.4 Å². The monoisotopic (exact) mass is 227 g/mol. The summed E-state index contributed by atoms with van der Waals surface area (Å²) in [6, 6.07) is 0. The van der Waals surface area contributed by atoms with Gasteiger partial charge in [0.1, 0.15) is 5.52 Å². The molecular weight excluding hydrogens is 222 g/mol. The number of nitrogens with one attached hydrogen (secondary N) is 1. The molecule has 0 aliphatic rings. The maximum Gasteiger partial charge on any atom is 0.274 e. The molecule has 0 unspecified atom stereocenters. The highest BCUT2D eigenvalue weighted by Crippen LogP contribution is 2.08. The van der Waals surface area contributed by atoms with Gasteiger partial charge in [-0.3, -0.25) is 9.20 Å². The van der Waals surface area contributed by atoms with E-state index in [1.807, 2.05) is 13.1 Å². The van der Waals surface area contributed by atoms with Crippen LogP contribution in [0.5, 0.6) is 0 Å². The molecule has 12 heavy (non-hydrogen) atoms. The topological polar surface area (TPSA) is 50.2 Å².